The minimum absolute atomic E-state index is 0. The third-order valence-electron chi connectivity index (χ3n) is 0.575. The smallest absolute Gasteiger partial charge is 0.0876 e. The van der Waals surface area contributed by atoms with Gasteiger partial charge < -0.3 is 0 Å². The molecule has 0 atom stereocenters. The van der Waals surface area contributed by atoms with Gasteiger partial charge in [-0.25, -0.2) is 0 Å². The average Bonchev–Trinajstić information content (AvgIpc) is 1.61. The second-order valence-electron chi connectivity index (χ2n) is 1.17. The van der Waals surface area contributed by atoms with Gasteiger partial charge in [-0.3, -0.25) is 0 Å². The zero-order valence-electron chi connectivity index (χ0n) is 3.91. The quantitative estimate of drug-likeness (QED) is 0.504. The average molecular weight is 108 g/mol. The lowest BCUT2D eigenvalue weighted by molar-refractivity contribution is -0.132. The van der Waals surface area contributed by atoms with Crippen LogP contribution in [0.25, 0.3) is 0 Å². The van der Waals surface area contributed by atoms with Crippen LogP contribution in [0, 0.1) is 0 Å². The third-order valence-corrected chi connectivity index (χ3v) is 0.575. The van der Waals surface area contributed by atoms with Gasteiger partial charge in [0.05, 0.1) is 6.61 Å². The molecule has 0 saturated heterocycles. The van der Waals surface area contributed by atoms with Gasteiger partial charge in [0.2, 0.25) is 0 Å². The van der Waals surface area contributed by atoms with Crippen LogP contribution >= 0.6 is 0 Å². The van der Waals surface area contributed by atoms with Gasteiger partial charge in [-0.2, -0.15) is 4.94 Å². The molecule has 0 aliphatic heterocycles. The van der Waals surface area contributed by atoms with Gasteiger partial charge in [0.15, 0.2) is 0 Å². The number of hydrogen-bond donors (Lipinski definition) is 0. The Balaban J connectivity index is 0. The maximum Gasteiger partial charge on any atom is 0.0876 e. The van der Waals surface area contributed by atoms with Crippen molar-refractivity contribution in [1.29, 1.82) is 0 Å². The topological polar surface area (TPSA) is 9.23 Å². The van der Waals surface area contributed by atoms with Crippen molar-refractivity contribution in [3.8, 4) is 0 Å². The summed E-state index contributed by atoms with van der Waals surface area (Å²) in [6, 6.07) is 0. The molecule has 1 nitrogen and oxygen atoms in total. The van der Waals surface area contributed by atoms with Crippen LogP contribution in [0.4, 0.5) is 4.53 Å². The fraction of sp³-hybridized carbons (Fsp3) is 1.00. The van der Waals surface area contributed by atoms with E-state index in [1.165, 1.54) is 0 Å². The van der Waals surface area contributed by atoms with Crippen molar-refractivity contribution in [2.75, 3.05) is 6.61 Å². The number of rotatable bonds is 3. The standard InChI is InChI=1S/C4H9FO.CH4/c1-2-3-4-6-5;/h2-4H2,1H3;1H4. The molecule has 2 heteroatoms. The molecule has 0 aliphatic carbocycles. The molecule has 0 spiro atoms. The lowest BCUT2D eigenvalue weighted by Gasteiger charge is -1.84. The summed E-state index contributed by atoms with van der Waals surface area (Å²) in [4.78, 5) is 3.28. The minimum Gasteiger partial charge on any atom is -0.194 e. The van der Waals surface area contributed by atoms with E-state index < -0.39 is 0 Å². The molecule has 46 valence electrons. The summed E-state index contributed by atoms with van der Waals surface area (Å²) in [5, 5.41) is 0. The lowest BCUT2D eigenvalue weighted by Crippen LogP contribution is -1.79. The van der Waals surface area contributed by atoms with Gasteiger partial charge in [-0.15, -0.1) is 0 Å². The molecule has 0 aromatic carbocycles. The molecule has 0 aromatic heterocycles. The van der Waals surface area contributed by atoms with Gasteiger partial charge >= 0.3 is 0 Å². The van der Waals surface area contributed by atoms with Crippen molar-refractivity contribution in [2.45, 2.75) is 27.2 Å². The zero-order valence-corrected chi connectivity index (χ0v) is 3.91. The molecular formula is C5H13FO. The Hall–Kier alpha value is -0.110. The van der Waals surface area contributed by atoms with Crippen molar-refractivity contribution in [3.05, 3.63) is 0 Å². The van der Waals surface area contributed by atoms with Gasteiger partial charge in [-0.1, -0.05) is 20.8 Å². The first-order chi connectivity index (χ1) is 2.91. The number of halogens is 1. The van der Waals surface area contributed by atoms with Gasteiger partial charge in [-0.05, 0) is 10.9 Å². The van der Waals surface area contributed by atoms with E-state index >= 15 is 0 Å². The predicted molar refractivity (Wildman–Crippen MR) is 28.7 cm³/mol. The summed E-state index contributed by atoms with van der Waals surface area (Å²) in [5.41, 5.74) is 0. The Morgan fingerprint density at radius 3 is 2.29 bits per heavy atom. The van der Waals surface area contributed by atoms with Gasteiger partial charge in [0.25, 0.3) is 0 Å². The first-order valence-corrected chi connectivity index (χ1v) is 2.15. The molecule has 0 aromatic rings. The molecule has 0 N–H and O–H groups in total. The van der Waals surface area contributed by atoms with Crippen molar-refractivity contribution in [3.63, 3.8) is 0 Å². The molecule has 0 saturated carbocycles. The van der Waals surface area contributed by atoms with E-state index in [1.54, 1.807) is 0 Å². The summed E-state index contributed by atoms with van der Waals surface area (Å²) < 4.78 is 10.7. The minimum atomic E-state index is 0. The maximum atomic E-state index is 10.7. The Labute approximate surface area is 44.4 Å². The van der Waals surface area contributed by atoms with E-state index in [0.717, 1.165) is 12.8 Å². The normalized spacial score (nSPS) is 7.71. The first-order valence-electron chi connectivity index (χ1n) is 2.15. The van der Waals surface area contributed by atoms with Crippen LogP contribution in [0.3, 0.4) is 0 Å². The fourth-order valence-corrected chi connectivity index (χ4v) is 0.199. The molecular weight excluding hydrogens is 95.1 g/mol. The fourth-order valence-electron chi connectivity index (χ4n) is 0.199. The SMILES string of the molecule is C.CCCCOF. The van der Waals surface area contributed by atoms with E-state index in [4.69, 9.17) is 0 Å². The second kappa shape index (κ2) is 9.31. The second-order valence-corrected chi connectivity index (χ2v) is 1.17. The highest BCUT2D eigenvalue weighted by molar-refractivity contribution is 4.24. The molecule has 0 fully saturated rings. The van der Waals surface area contributed by atoms with Gasteiger partial charge in [0, 0.05) is 0 Å². The van der Waals surface area contributed by atoms with Crippen LogP contribution in [-0.2, 0) is 4.94 Å². The van der Waals surface area contributed by atoms with E-state index in [2.05, 4.69) is 4.94 Å². The monoisotopic (exact) mass is 108 g/mol. The molecule has 7 heavy (non-hydrogen) atoms. The highest BCUT2D eigenvalue weighted by Crippen LogP contribution is 1.85. The van der Waals surface area contributed by atoms with Crippen LogP contribution in [0.5, 0.6) is 0 Å². The molecule has 0 aliphatic rings. The van der Waals surface area contributed by atoms with Crippen molar-refractivity contribution in [2.24, 2.45) is 0 Å². The molecule has 0 bridgehead atoms. The van der Waals surface area contributed by atoms with Crippen LogP contribution in [0.2, 0.25) is 0 Å². The molecule has 0 radical (unpaired) electrons. The predicted octanol–water partition coefficient (Wildman–Crippen LogP) is 2.32. The number of hydrogen-bond acceptors (Lipinski definition) is 1. The van der Waals surface area contributed by atoms with E-state index in [0.29, 0.717) is 0 Å². The van der Waals surface area contributed by atoms with E-state index in [1.807, 2.05) is 6.92 Å². The molecule has 0 unspecified atom stereocenters. The first kappa shape index (κ1) is 10.00. The Morgan fingerprint density at radius 2 is 2.14 bits per heavy atom. The van der Waals surface area contributed by atoms with E-state index in [9.17, 15) is 4.53 Å². The number of unbranched alkanes of at least 4 members (excludes halogenated alkanes) is 1. The van der Waals surface area contributed by atoms with Gasteiger partial charge in [0.1, 0.15) is 0 Å². The van der Waals surface area contributed by atoms with Crippen LogP contribution < -0.4 is 0 Å². The summed E-state index contributed by atoms with van der Waals surface area (Å²) >= 11 is 0. The van der Waals surface area contributed by atoms with Crippen LogP contribution in [-0.4, -0.2) is 6.61 Å². The summed E-state index contributed by atoms with van der Waals surface area (Å²) in [5.74, 6) is 0. The van der Waals surface area contributed by atoms with Crippen molar-refractivity contribution >= 4 is 0 Å². The largest absolute Gasteiger partial charge is 0.194 e. The third kappa shape index (κ3) is 10.7. The summed E-state index contributed by atoms with van der Waals surface area (Å²) in [6.07, 6.45) is 1.81. The lowest BCUT2D eigenvalue weighted by atomic mass is 10.4. The zero-order chi connectivity index (χ0) is 4.83. The molecule has 0 rings (SSSR count). The highest BCUT2D eigenvalue weighted by atomic mass is 19.3. The highest BCUT2D eigenvalue weighted by Gasteiger charge is 1.78. The maximum absolute atomic E-state index is 10.7. The van der Waals surface area contributed by atoms with Crippen molar-refractivity contribution in [1.82, 2.24) is 0 Å². The molecule has 0 amide bonds. The van der Waals surface area contributed by atoms with E-state index in [-0.39, 0.29) is 14.0 Å². The Kier molecular flexibility index (Phi) is 13.3. The summed E-state index contributed by atoms with van der Waals surface area (Å²) in [6.45, 7) is 2.23. The Bertz CT molecular complexity index is 20.0. The summed E-state index contributed by atoms with van der Waals surface area (Å²) in [7, 11) is 0. The van der Waals surface area contributed by atoms with Crippen LogP contribution in [0.1, 0.15) is 27.2 Å². The molecule has 0 heterocycles. The van der Waals surface area contributed by atoms with Crippen LogP contribution in [0.15, 0.2) is 0 Å². The Morgan fingerprint density at radius 1 is 1.57 bits per heavy atom. The van der Waals surface area contributed by atoms with Crippen molar-refractivity contribution < 1.29 is 9.47 Å².